The predicted molar refractivity (Wildman–Crippen MR) is 63.1 cm³/mol. The van der Waals surface area contributed by atoms with Crippen LogP contribution in [0.15, 0.2) is 12.7 Å². The van der Waals surface area contributed by atoms with Crippen molar-refractivity contribution in [2.75, 3.05) is 24.6 Å². The number of rotatable bonds is 4. The van der Waals surface area contributed by atoms with Crippen LogP contribution in [0.1, 0.15) is 12.8 Å². The van der Waals surface area contributed by atoms with Gasteiger partial charge in [-0.25, -0.2) is 4.79 Å². The molecule has 0 atom stereocenters. The SMILES string of the molecule is C=CCNC(=O)NCC1(O)CCSCC1. The molecule has 1 fully saturated rings. The highest BCUT2D eigenvalue weighted by molar-refractivity contribution is 7.99. The minimum absolute atomic E-state index is 0.249. The van der Waals surface area contributed by atoms with Crippen LogP contribution in [-0.4, -0.2) is 41.3 Å². The Labute approximate surface area is 94.5 Å². The molecule has 0 spiro atoms. The van der Waals surface area contributed by atoms with Gasteiger partial charge in [0.15, 0.2) is 0 Å². The van der Waals surface area contributed by atoms with E-state index in [0.717, 1.165) is 24.3 Å². The third-order valence-electron chi connectivity index (χ3n) is 2.41. The standard InChI is InChI=1S/C10H18N2O2S/c1-2-5-11-9(13)12-8-10(14)3-6-15-7-4-10/h2,14H,1,3-8H2,(H2,11,12,13). The number of hydrogen-bond donors (Lipinski definition) is 3. The van der Waals surface area contributed by atoms with Crippen molar-refractivity contribution in [3.8, 4) is 0 Å². The van der Waals surface area contributed by atoms with Crippen molar-refractivity contribution in [3.63, 3.8) is 0 Å². The van der Waals surface area contributed by atoms with E-state index in [1.165, 1.54) is 0 Å². The lowest BCUT2D eigenvalue weighted by molar-refractivity contribution is 0.0347. The van der Waals surface area contributed by atoms with Gasteiger partial charge < -0.3 is 15.7 Å². The molecule has 1 aliphatic heterocycles. The molecule has 1 aliphatic rings. The van der Waals surface area contributed by atoms with E-state index in [1.54, 1.807) is 6.08 Å². The highest BCUT2D eigenvalue weighted by Crippen LogP contribution is 2.25. The summed E-state index contributed by atoms with van der Waals surface area (Å²) in [6.07, 6.45) is 3.12. The van der Waals surface area contributed by atoms with Crippen LogP contribution in [-0.2, 0) is 0 Å². The van der Waals surface area contributed by atoms with E-state index in [-0.39, 0.29) is 6.03 Å². The molecule has 0 aromatic rings. The summed E-state index contributed by atoms with van der Waals surface area (Å²) in [4.78, 5) is 11.2. The highest BCUT2D eigenvalue weighted by atomic mass is 32.2. The van der Waals surface area contributed by atoms with Crippen molar-refractivity contribution in [2.24, 2.45) is 0 Å². The number of carbonyl (C=O) groups excluding carboxylic acids is 1. The third-order valence-corrected chi connectivity index (χ3v) is 3.39. The Kier molecular flexibility index (Phi) is 4.98. The Balaban J connectivity index is 2.22. The number of aliphatic hydroxyl groups is 1. The zero-order chi connectivity index (χ0) is 11.1. The molecule has 3 N–H and O–H groups in total. The largest absolute Gasteiger partial charge is 0.388 e. The van der Waals surface area contributed by atoms with Crippen LogP contribution in [0.4, 0.5) is 4.79 Å². The first-order valence-electron chi connectivity index (χ1n) is 5.09. The van der Waals surface area contributed by atoms with Crippen molar-refractivity contribution >= 4 is 17.8 Å². The first-order chi connectivity index (χ1) is 7.16. The minimum atomic E-state index is -0.712. The third kappa shape index (κ3) is 4.57. The second-order valence-corrected chi connectivity index (χ2v) is 4.91. The van der Waals surface area contributed by atoms with E-state index >= 15 is 0 Å². The fourth-order valence-corrected chi connectivity index (χ4v) is 2.65. The molecule has 0 radical (unpaired) electrons. The zero-order valence-corrected chi connectivity index (χ0v) is 9.61. The highest BCUT2D eigenvalue weighted by Gasteiger charge is 2.29. The lowest BCUT2D eigenvalue weighted by Gasteiger charge is -2.31. The normalized spacial score (nSPS) is 19.3. The van der Waals surface area contributed by atoms with Gasteiger partial charge in [0.1, 0.15) is 0 Å². The van der Waals surface area contributed by atoms with Gasteiger partial charge in [-0.05, 0) is 24.3 Å². The molecule has 4 nitrogen and oxygen atoms in total. The average molecular weight is 230 g/mol. The van der Waals surface area contributed by atoms with E-state index in [9.17, 15) is 9.90 Å². The van der Waals surface area contributed by atoms with Crippen molar-refractivity contribution in [1.29, 1.82) is 0 Å². The molecule has 15 heavy (non-hydrogen) atoms. The second-order valence-electron chi connectivity index (χ2n) is 3.69. The molecule has 0 aromatic carbocycles. The molecule has 0 saturated carbocycles. The predicted octanol–water partition coefficient (Wildman–Crippen LogP) is 0.730. The van der Waals surface area contributed by atoms with Gasteiger partial charge in [-0.15, -0.1) is 6.58 Å². The molecule has 1 saturated heterocycles. The minimum Gasteiger partial charge on any atom is -0.388 e. The lowest BCUT2D eigenvalue weighted by Crippen LogP contribution is -2.48. The first kappa shape index (κ1) is 12.4. The maximum atomic E-state index is 11.2. The average Bonchev–Trinajstić information content (AvgIpc) is 2.25. The van der Waals surface area contributed by atoms with Crippen LogP contribution in [0.3, 0.4) is 0 Å². The Morgan fingerprint density at radius 2 is 2.13 bits per heavy atom. The van der Waals surface area contributed by atoms with E-state index in [1.807, 2.05) is 11.8 Å². The molecule has 0 aromatic heterocycles. The van der Waals surface area contributed by atoms with Crippen molar-refractivity contribution in [3.05, 3.63) is 12.7 Å². The summed E-state index contributed by atoms with van der Waals surface area (Å²) in [5, 5.41) is 15.3. The van der Waals surface area contributed by atoms with E-state index < -0.39 is 5.60 Å². The molecule has 5 heteroatoms. The zero-order valence-electron chi connectivity index (χ0n) is 8.79. The number of hydrogen-bond acceptors (Lipinski definition) is 3. The van der Waals surface area contributed by atoms with Crippen LogP contribution >= 0.6 is 11.8 Å². The quantitative estimate of drug-likeness (QED) is 0.624. The van der Waals surface area contributed by atoms with Gasteiger partial charge in [0.2, 0.25) is 0 Å². The van der Waals surface area contributed by atoms with Gasteiger partial charge in [0.05, 0.1) is 5.60 Å². The Morgan fingerprint density at radius 1 is 1.47 bits per heavy atom. The second kappa shape index (κ2) is 6.02. The number of urea groups is 1. The topological polar surface area (TPSA) is 61.4 Å². The van der Waals surface area contributed by atoms with Crippen LogP contribution in [0, 0.1) is 0 Å². The lowest BCUT2D eigenvalue weighted by atomic mass is 9.97. The van der Waals surface area contributed by atoms with Crippen molar-refractivity contribution in [2.45, 2.75) is 18.4 Å². The summed E-state index contributed by atoms with van der Waals surface area (Å²) in [5.74, 6) is 1.93. The summed E-state index contributed by atoms with van der Waals surface area (Å²) >= 11 is 1.84. The van der Waals surface area contributed by atoms with Crippen LogP contribution in [0.25, 0.3) is 0 Å². The van der Waals surface area contributed by atoms with Gasteiger partial charge in [-0.3, -0.25) is 0 Å². The molecular formula is C10H18N2O2S. The van der Waals surface area contributed by atoms with Crippen LogP contribution in [0.2, 0.25) is 0 Å². The smallest absolute Gasteiger partial charge is 0.315 e. The van der Waals surface area contributed by atoms with E-state index in [2.05, 4.69) is 17.2 Å². The summed E-state index contributed by atoms with van der Waals surface area (Å²) in [7, 11) is 0. The van der Waals surface area contributed by atoms with Crippen LogP contribution in [0.5, 0.6) is 0 Å². The molecule has 86 valence electrons. The Bertz CT molecular complexity index is 227. The monoisotopic (exact) mass is 230 g/mol. The van der Waals surface area contributed by atoms with Crippen LogP contribution < -0.4 is 10.6 Å². The molecule has 1 rings (SSSR count). The maximum absolute atomic E-state index is 11.2. The first-order valence-corrected chi connectivity index (χ1v) is 6.24. The van der Waals surface area contributed by atoms with Gasteiger partial charge in [0, 0.05) is 13.1 Å². The van der Waals surface area contributed by atoms with Crippen molar-refractivity contribution < 1.29 is 9.90 Å². The Morgan fingerprint density at radius 3 is 2.73 bits per heavy atom. The van der Waals surface area contributed by atoms with Gasteiger partial charge in [-0.1, -0.05) is 6.08 Å². The summed E-state index contributed by atoms with van der Waals surface area (Å²) < 4.78 is 0. The fourth-order valence-electron chi connectivity index (χ4n) is 1.40. The molecule has 0 bridgehead atoms. The Hall–Kier alpha value is -0.680. The van der Waals surface area contributed by atoms with Gasteiger partial charge in [0.25, 0.3) is 0 Å². The molecule has 1 heterocycles. The number of thioether (sulfide) groups is 1. The number of nitrogens with one attached hydrogen (secondary N) is 2. The maximum Gasteiger partial charge on any atom is 0.315 e. The number of carbonyl (C=O) groups is 1. The van der Waals surface area contributed by atoms with Crippen molar-refractivity contribution in [1.82, 2.24) is 10.6 Å². The molecule has 0 unspecified atom stereocenters. The van der Waals surface area contributed by atoms with Gasteiger partial charge in [-0.2, -0.15) is 11.8 Å². The summed E-state index contributed by atoms with van der Waals surface area (Å²) in [6.45, 7) is 4.28. The molecule has 0 aliphatic carbocycles. The van der Waals surface area contributed by atoms with E-state index in [4.69, 9.17) is 0 Å². The fraction of sp³-hybridized carbons (Fsp3) is 0.700. The summed E-state index contributed by atoms with van der Waals surface area (Å²) in [6, 6.07) is -0.249. The number of amides is 2. The molecule has 2 amide bonds. The molecular weight excluding hydrogens is 212 g/mol. The summed E-state index contributed by atoms with van der Waals surface area (Å²) in [5.41, 5.74) is -0.712. The van der Waals surface area contributed by atoms with E-state index in [0.29, 0.717) is 13.1 Å². The van der Waals surface area contributed by atoms with Gasteiger partial charge >= 0.3 is 6.03 Å².